The average Bonchev–Trinajstić information content (AvgIpc) is 2.62. The van der Waals surface area contributed by atoms with Gasteiger partial charge in [0.05, 0.1) is 0 Å². The van der Waals surface area contributed by atoms with E-state index in [2.05, 4.69) is 25.4 Å². The van der Waals surface area contributed by atoms with Crippen molar-refractivity contribution >= 4 is 17.6 Å². The van der Waals surface area contributed by atoms with E-state index < -0.39 is 0 Å². The number of hydrogen-bond acceptors (Lipinski definition) is 3. The second kappa shape index (κ2) is 8.87. The van der Waals surface area contributed by atoms with Gasteiger partial charge in [-0.25, -0.2) is 4.39 Å². The molecule has 7 heteroatoms. The van der Waals surface area contributed by atoms with Crippen molar-refractivity contribution in [2.24, 2.45) is 10.4 Å². The Hall–Kier alpha value is -2.31. The first-order valence-electron chi connectivity index (χ1n) is 9.05. The van der Waals surface area contributed by atoms with Gasteiger partial charge >= 0.3 is 0 Å². The average molecular weight is 363 g/mol. The van der Waals surface area contributed by atoms with E-state index in [1.807, 2.05) is 32.9 Å². The number of carbonyl (C=O) groups is 1. The van der Waals surface area contributed by atoms with Crippen LogP contribution in [0.2, 0.25) is 0 Å². The Bertz CT molecular complexity index is 616. The molecule has 1 fully saturated rings. The Balaban J connectivity index is 1.76. The molecular formula is C19H30FN5O. The van der Waals surface area contributed by atoms with Crippen LogP contribution >= 0.6 is 0 Å². The minimum Gasteiger partial charge on any atom is -0.368 e. The molecule has 2 rings (SSSR count). The topological polar surface area (TPSA) is 60.0 Å². The zero-order valence-electron chi connectivity index (χ0n) is 16.2. The van der Waals surface area contributed by atoms with Crippen LogP contribution in [0.25, 0.3) is 0 Å². The third-order valence-corrected chi connectivity index (χ3v) is 4.36. The number of carbonyl (C=O) groups excluding carboxylic acids is 1. The third kappa shape index (κ3) is 5.61. The lowest BCUT2D eigenvalue weighted by molar-refractivity contribution is -0.128. The van der Waals surface area contributed by atoms with E-state index in [9.17, 15) is 9.18 Å². The third-order valence-electron chi connectivity index (χ3n) is 4.36. The van der Waals surface area contributed by atoms with Crippen molar-refractivity contribution in [3.63, 3.8) is 0 Å². The van der Waals surface area contributed by atoms with Crippen molar-refractivity contribution in [2.45, 2.75) is 20.8 Å². The molecule has 1 aliphatic rings. The summed E-state index contributed by atoms with van der Waals surface area (Å²) in [4.78, 5) is 20.6. The monoisotopic (exact) mass is 363 g/mol. The molecule has 0 radical (unpaired) electrons. The van der Waals surface area contributed by atoms with E-state index in [0.29, 0.717) is 13.1 Å². The fourth-order valence-electron chi connectivity index (χ4n) is 2.78. The van der Waals surface area contributed by atoms with Crippen LogP contribution in [0.3, 0.4) is 0 Å². The first-order valence-corrected chi connectivity index (χ1v) is 9.05. The summed E-state index contributed by atoms with van der Waals surface area (Å²) in [5.41, 5.74) is 0.664. The fraction of sp³-hybridized carbons (Fsp3) is 0.579. The van der Waals surface area contributed by atoms with Gasteiger partial charge < -0.3 is 20.4 Å². The van der Waals surface area contributed by atoms with E-state index in [0.717, 1.165) is 37.8 Å². The van der Waals surface area contributed by atoms with Gasteiger partial charge in [0.15, 0.2) is 5.96 Å². The lowest BCUT2D eigenvalue weighted by atomic mass is 9.96. The molecule has 6 nitrogen and oxygen atoms in total. The van der Waals surface area contributed by atoms with Crippen LogP contribution in [0, 0.1) is 11.2 Å². The summed E-state index contributed by atoms with van der Waals surface area (Å²) < 4.78 is 13.1. The van der Waals surface area contributed by atoms with Gasteiger partial charge in [-0.2, -0.15) is 0 Å². The van der Waals surface area contributed by atoms with Gasteiger partial charge in [-0.1, -0.05) is 20.8 Å². The van der Waals surface area contributed by atoms with Crippen molar-refractivity contribution < 1.29 is 9.18 Å². The van der Waals surface area contributed by atoms with Crippen LogP contribution in [0.5, 0.6) is 0 Å². The minimum atomic E-state index is -0.377. The van der Waals surface area contributed by atoms with Crippen molar-refractivity contribution in [3.05, 3.63) is 30.1 Å². The Labute approximate surface area is 155 Å². The molecule has 1 heterocycles. The number of benzene rings is 1. The Kier molecular flexibility index (Phi) is 6.83. The molecule has 0 aromatic heterocycles. The molecule has 0 aliphatic carbocycles. The summed E-state index contributed by atoms with van der Waals surface area (Å²) in [6.45, 7) is 10.3. The van der Waals surface area contributed by atoms with Crippen molar-refractivity contribution in [3.8, 4) is 0 Å². The maximum atomic E-state index is 13.1. The second-order valence-electron chi connectivity index (χ2n) is 7.43. The molecular weight excluding hydrogens is 333 g/mol. The molecule has 26 heavy (non-hydrogen) atoms. The molecule has 0 saturated carbocycles. The molecule has 0 atom stereocenters. The molecule has 1 amide bonds. The van der Waals surface area contributed by atoms with Crippen LogP contribution in [0.15, 0.2) is 29.3 Å². The van der Waals surface area contributed by atoms with Gasteiger partial charge in [-0.15, -0.1) is 0 Å². The van der Waals surface area contributed by atoms with E-state index >= 15 is 0 Å². The zero-order chi connectivity index (χ0) is 19.2. The largest absolute Gasteiger partial charge is 0.368 e. The Morgan fingerprint density at radius 2 is 1.65 bits per heavy atom. The van der Waals surface area contributed by atoms with E-state index in [-0.39, 0.29) is 17.1 Å². The minimum absolute atomic E-state index is 0.0437. The molecule has 1 aliphatic heterocycles. The zero-order valence-corrected chi connectivity index (χ0v) is 16.2. The quantitative estimate of drug-likeness (QED) is 0.486. The first-order chi connectivity index (χ1) is 12.3. The van der Waals surface area contributed by atoms with E-state index in [4.69, 9.17) is 0 Å². The van der Waals surface area contributed by atoms with E-state index in [1.54, 1.807) is 7.05 Å². The van der Waals surface area contributed by atoms with Crippen LogP contribution in [0.4, 0.5) is 10.1 Å². The number of amides is 1. The first kappa shape index (κ1) is 20.0. The van der Waals surface area contributed by atoms with Gasteiger partial charge in [0.2, 0.25) is 5.91 Å². The van der Waals surface area contributed by atoms with Gasteiger partial charge in [0.1, 0.15) is 5.82 Å². The number of anilines is 1. The molecule has 1 aromatic carbocycles. The van der Waals surface area contributed by atoms with Crippen molar-refractivity contribution in [1.29, 1.82) is 0 Å². The van der Waals surface area contributed by atoms with Gasteiger partial charge in [-0.3, -0.25) is 9.79 Å². The highest BCUT2D eigenvalue weighted by Crippen LogP contribution is 2.17. The molecule has 144 valence electrons. The number of piperazine rings is 1. The lowest BCUT2D eigenvalue weighted by Crippen LogP contribution is -2.53. The maximum absolute atomic E-state index is 13.1. The Morgan fingerprint density at radius 1 is 1.08 bits per heavy atom. The molecule has 2 N–H and O–H groups in total. The summed E-state index contributed by atoms with van der Waals surface area (Å²) in [6, 6.07) is 6.62. The number of halogens is 1. The van der Waals surface area contributed by atoms with Gasteiger partial charge in [0, 0.05) is 57.4 Å². The standard InChI is InChI=1S/C19H30FN5O/c1-19(2,3)17(26)22-9-10-23-18(21-4)25-13-11-24(12-14-25)16-7-5-15(20)6-8-16/h5-8H,9-14H2,1-4H3,(H,21,23)(H,22,26). The maximum Gasteiger partial charge on any atom is 0.225 e. The SMILES string of the molecule is CN=C(NCCNC(=O)C(C)(C)C)N1CCN(c2ccc(F)cc2)CC1. The second-order valence-corrected chi connectivity index (χ2v) is 7.43. The fourth-order valence-corrected chi connectivity index (χ4v) is 2.78. The number of aliphatic imine (C=N–C) groups is 1. The predicted octanol–water partition coefficient (Wildman–Crippen LogP) is 1.69. The number of nitrogens with zero attached hydrogens (tertiary/aromatic N) is 3. The predicted molar refractivity (Wildman–Crippen MR) is 104 cm³/mol. The van der Waals surface area contributed by atoms with E-state index in [1.165, 1.54) is 12.1 Å². The number of hydrogen-bond donors (Lipinski definition) is 2. The van der Waals surface area contributed by atoms with Gasteiger partial charge in [-0.05, 0) is 24.3 Å². The van der Waals surface area contributed by atoms with Crippen molar-refractivity contribution in [2.75, 3.05) is 51.2 Å². The summed E-state index contributed by atoms with van der Waals surface area (Å²) in [7, 11) is 1.77. The summed E-state index contributed by atoms with van der Waals surface area (Å²) >= 11 is 0. The van der Waals surface area contributed by atoms with Crippen LogP contribution in [0.1, 0.15) is 20.8 Å². The highest BCUT2D eigenvalue weighted by Gasteiger charge is 2.21. The molecule has 0 bridgehead atoms. The van der Waals surface area contributed by atoms with Crippen LogP contribution in [-0.4, -0.2) is 63.1 Å². The highest BCUT2D eigenvalue weighted by atomic mass is 19.1. The highest BCUT2D eigenvalue weighted by molar-refractivity contribution is 5.82. The Morgan fingerprint density at radius 3 is 2.19 bits per heavy atom. The summed E-state index contributed by atoms with van der Waals surface area (Å²) in [5.74, 6) is 0.673. The summed E-state index contributed by atoms with van der Waals surface area (Å²) in [6.07, 6.45) is 0. The number of guanidine groups is 1. The van der Waals surface area contributed by atoms with Crippen LogP contribution in [-0.2, 0) is 4.79 Å². The molecule has 0 spiro atoms. The summed E-state index contributed by atoms with van der Waals surface area (Å²) in [5, 5.41) is 6.23. The number of rotatable bonds is 4. The molecule has 1 aromatic rings. The lowest BCUT2D eigenvalue weighted by Gasteiger charge is -2.37. The van der Waals surface area contributed by atoms with Crippen LogP contribution < -0.4 is 15.5 Å². The molecule has 0 unspecified atom stereocenters. The smallest absolute Gasteiger partial charge is 0.225 e. The molecule has 1 saturated heterocycles. The normalized spacial score (nSPS) is 15.8. The number of nitrogens with one attached hydrogen (secondary N) is 2. The van der Waals surface area contributed by atoms with Crippen molar-refractivity contribution in [1.82, 2.24) is 15.5 Å². The van der Waals surface area contributed by atoms with Gasteiger partial charge in [0.25, 0.3) is 0 Å².